The number of benzene rings is 2. The molecule has 1 aliphatic heterocycles. The first-order chi connectivity index (χ1) is 13.6. The van der Waals surface area contributed by atoms with E-state index in [1.807, 2.05) is 32.0 Å². The van der Waals surface area contributed by atoms with Crippen molar-refractivity contribution in [3.63, 3.8) is 0 Å². The first-order valence-corrected chi connectivity index (χ1v) is 11.2. The molecule has 0 atom stereocenters. The fraction of sp³-hybridized carbons (Fsp3) is 0.273. The van der Waals surface area contributed by atoms with E-state index in [1.165, 1.54) is 5.69 Å². The Bertz CT molecular complexity index is 919. The topological polar surface area (TPSA) is 52.7 Å². The van der Waals surface area contributed by atoms with E-state index in [9.17, 15) is 0 Å². The second kappa shape index (κ2) is 9.58. The van der Waals surface area contributed by atoms with E-state index in [4.69, 9.17) is 9.98 Å². The van der Waals surface area contributed by atoms with Crippen molar-refractivity contribution in [2.75, 3.05) is 18.0 Å². The van der Waals surface area contributed by atoms with Gasteiger partial charge in [0.05, 0.1) is 0 Å². The Kier molecular flexibility index (Phi) is 6.90. The van der Waals surface area contributed by atoms with Crippen LogP contribution in [0.15, 0.2) is 74.8 Å². The van der Waals surface area contributed by atoms with Crippen molar-refractivity contribution in [3.05, 3.63) is 60.2 Å². The molecule has 0 aromatic heterocycles. The van der Waals surface area contributed by atoms with E-state index in [0.29, 0.717) is 0 Å². The minimum atomic E-state index is -0.0678. The van der Waals surface area contributed by atoms with Gasteiger partial charge in [0.2, 0.25) is 0 Å². The van der Waals surface area contributed by atoms with Gasteiger partial charge in [-0.15, -0.1) is 0 Å². The fourth-order valence-corrected chi connectivity index (χ4v) is 4.47. The summed E-state index contributed by atoms with van der Waals surface area (Å²) in [5.74, 6) is 0. The van der Waals surface area contributed by atoms with Crippen molar-refractivity contribution in [2.45, 2.75) is 27.7 Å². The number of hydrogen-bond acceptors (Lipinski definition) is 4. The second-order valence-electron chi connectivity index (χ2n) is 6.46. The van der Waals surface area contributed by atoms with E-state index in [0.717, 1.165) is 45.1 Å². The number of nitrogens with zero attached hydrogens (tertiary/aromatic N) is 5. The van der Waals surface area contributed by atoms with Gasteiger partial charge in [-0.05, 0) is 0 Å². The Morgan fingerprint density at radius 3 is 2.25 bits per heavy atom. The van der Waals surface area contributed by atoms with Crippen LogP contribution < -0.4 is 4.90 Å². The molecule has 5 nitrogen and oxygen atoms in total. The molecule has 3 rings (SSSR count). The van der Waals surface area contributed by atoms with Gasteiger partial charge in [-0.2, -0.15) is 0 Å². The average Bonchev–Trinajstić information content (AvgIpc) is 3.12. The summed E-state index contributed by atoms with van der Waals surface area (Å²) in [6, 6.07) is 18.6. The maximum absolute atomic E-state index is 4.91. The summed E-state index contributed by atoms with van der Waals surface area (Å²) in [6.07, 6.45) is 0. The zero-order valence-electron chi connectivity index (χ0n) is 16.8. The Hall–Kier alpha value is -2.56. The second-order valence-corrected chi connectivity index (χ2v) is 8.47. The van der Waals surface area contributed by atoms with Crippen LogP contribution >= 0.6 is 0 Å². The van der Waals surface area contributed by atoms with E-state index in [-0.39, 0.29) is 15.0 Å². The molecule has 0 spiro atoms. The number of anilines is 1. The Balaban J connectivity index is 1.93. The third-order valence-corrected chi connectivity index (χ3v) is 5.94. The molecular weight excluding hydrogens is 413 g/mol. The Morgan fingerprint density at radius 1 is 0.964 bits per heavy atom. The molecule has 0 aliphatic carbocycles. The van der Waals surface area contributed by atoms with Crippen LogP contribution in [0.2, 0.25) is 0 Å². The molecule has 0 N–H and O–H groups in total. The molecule has 0 bridgehead atoms. The Morgan fingerprint density at radius 2 is 1.64 bits per heavy atom. The molecule has 2 aromatic carbocycles. The van der Waals surface area contributed by atoms with E-state index >= 15 is 0 Å². The van der Waals surface area contributed by atoms with Crippen LogP contribution in [0.25, 0.3) is 0 Å². The molecule has 1 heterocycles. The van der Waals surface area contributed by atoms with Crippen LogP contribution in [0.3, 0.4) is 0 Å². The monoisotopic (exact) mass is 439 g/mol. The summed E-state index contributed by atoms with van der Waals surface area (Å²) in [4.78, 5) is 12.0. The van der Waals surface area contributed by atoms with Gasteiger partial charge in [0.25, 0.3) is 0 Å². The molecule has 1 aliphatic rings. The molecule has 0 amide bonds. The summed E-state index contributed by atoms with van der Waals surface area (Å²) >= 11 is -0.0678. The van der Waals surface area contributed by atoms with E-state index in [1.54, 1.807) is 0 Å². The van der Waals surface area contributed by atoms with Crippen LogP contribution in [0, 0.1) is 0 Å². The molecule has 6 heteroatoms. The molecule has 0 fully saturated rings. The van der Waals surface area contributed by atoms with Gasteiger partial charge >= 0.3 is 173 Å². The molecule has 2 aromatic rings. The van der Waals surface area contributed by atoms with Crippen molar-refractivity contribution >= 4 is 47.1 Å². The Labute approximate surface area is 173 Å². The predicted octanol–water partition coefficient (Wildman–Crippen LogP) is 4.52. The molecule has 0 unspecified atom stereocenters. The molecule has 0 saturated carbocycles. The van der Waals surface area contributed by atoms with Crippen LogP contribution in [0.4, 0.5) is 11.4 Å². The summed E-state index contributed by atoms with van der Waals surface area (Å²) < 4.78 is 1.74. The van der Waals surface area contributed by atoms with Gasteiger partial charge < -0.3 is 0 Å². The summed E-state index contributed by atoms with van der Waals surface area (Å²) in [5.41, 5.74) is 5.03. The zero-order valence-corrected chi connectivity index (χ0v) is 18.5. The van der Waals surface area contributed by atoms with E-state index < -0.39 is 0 Å². The SMILES string of the molecule is CCN(CC)c1ccc(N=C2[Se]/C(=N/N=C(C)C)N=C2c2ccccc2)cc1. The fourth-order valence-electron chi connectivity index (χ4n) is 2.79. The zero-order chi connectivity index (χ0) is 19.9. The summed E-state index contributed by atoms with van der Waals surface area (Å²) in [5, 5.41) is 8.49. The summed E-state index contributed by atoms with van der Waals surface area (Å²) in [6.45, 7) is 10.2. The number of rotatable bonds is 6. The average molecular weight is 438 g/mol. The van der Waals surface area contributed by atoms with Gasteiger partial charge in [0, 0.05) is 0 Å². The molecule has 144 valence electrons. The molecule has 0 saturated heterocycles. The number of aliphatic imine (C=N–C) groups is 2. The first-order valence-electron chi connectivity index (χ1n) is 9.45. The van der Waals surface area contributed by atoms with Crippen LogP contribution in [0.1, 0.15) is 33.3 Å². The van der Waals surface area contributed by atoms with Crippen molar-refractivity contribution in [1.29, 1.82) is 0 Å². The van der Waals surface area contributed by atoms with Crippen LogP contribution in [-0.2, 0) is 0 Å². The van der Waals surface area contributed by atoms with Crippen molar-refractivity contribution < 1.29 is 0 Å². The number of amidine groups is 1. The van der Waals surface area contributed by atoms with Gasteiger partial charge in [0.15, 0.2) is 0 Å². The quantitative estimate of drug-likeness (QED) is 0.372. The first kappa shape index (κ1) is 20.2. The van der Waals surface area contributed by atoms with Crippen LogP contribution in [0.5, 0.6) is 0 Å². The van der Waals surface area contributed by atoms with Crippen molar-refractivity contribution in [3.8, 4) is 0 Å². The standard InChI is InChI=1S/C22H25N5Se/c1-5-27(6-2)19-14-12-18(13-15-19)23-21-20(17-10-8-7-9-11-17)24-22(28-21)26-25-16(3)4/h7-15H,5-6H2,1-4H3/b23-21?,26-22+. The third kappa shape index (κ3) is 5.03. The molecule has 28 heavy (non-hydrogen) atoms. The van der Waals surface area contributed by atoms with Gasteiger partial charge in [0.1, 0.15) is 0 Å². The minimum absolute atomic E-state index is 0.0678. The maximum atomic E-state index is 4.91. The van der Waals surface area contributed by atoms with Gasteiger partial charge in [-0.1, -0.05) is 0 Å². The van der Waals surface area contributed by atoms with E-state index in [2.05, 4.69) is 65.3 Å². The normalized spacial score (nSPS) is 16.4. The third-order valence-electron chi connectivity index (χ3n) is 4.19. The summed E-state index contributed by atoms with van der Waals surface area (Å²) in [7, 11) is 0. The van der Waals surface area contributed by atoms with Gasteiger partial charge in [-0.3, -0.25) is 0 Å². The predicted molar refractivity (Wildman–Crippen MR) is 122 cm³/mol. The van der Waals surface area contributed by atoms with Crippen molar-refractivity contribution in [2.24, 2.45) is 20.2 Å². The van der Waals surface area contributed by atoms with Crippen LogP contribution in [-0.4, -0.2) is 48.8 Å². The van der Waals surface area contributed by atoms with Crippen molar-refractivity contribution in [1.82, 2.24) is 0 Å². The number of hydrogen-bond donors (Lipinski definition) is 0. The molecule has 0 radical (unpaired) electrons. The molecular formula is C22H25N5Se. The van der Waals surface area contributed by atoms with Gasteiger partial charge in [-0.25, -0.2) is 0 Å².